The molecule has 3 heterocycles. The van der Waals surface area contributed by atoms with E-state index in [2.05, 4.69) is 4.98 Å². The van der Waals surface area contributed by atoms with Crippen LogP contribution in [0.5, 0.6) is 0 Å². The molecular formula is C23H21F3N4OS. The number of thiazole rings is 1. The number of rotatable bonds is 3. The average molecular weight is 459 g/mol. The van der Waals surface area contributed by atoms with Gasteiger partial charge in [-0.3, -0.25) is 4.79 Å². The number of carbonyl (C=O) groups is 1. The van der Waals surface area contributed by atoms with Crippen LogP contribution in [0.2, 0.25) is 0 Å². The first-order chi connectivity index (χ1) is 15.4. The molecule has 0 aliphatic carbocycles. The van der Waals surface area contributed by atoms with Crippen molar-refractivity contribution >= 4 is 34.3 Å². The Morgan fingerprint density at radius 1 is 0.906 bits per heavy atom. The zero-order chi connectivity index (χ0) is 22.3. The summed E-state index contributed by atoms with van der Waals surface area (Å²) in [5.41, 5.74) is 1.62. The van der Waals surface area contributed by atoms with Crippen LogP contribution in [0.4, 0.5) is 30.2 Å². The van der Waals surface area contributed by atoms with Gasteiger partial charge in [0.2, 0.25) is 0 Å². The van der Waals surface area contributed by atoms with E-state index < -0.39 is 11.7 Å². The largest absolute Gasteiger partial charge is 0.420 e. The molecule has 0 saturated carbocycles. The molecule has 1 fully saturated rings. The molecule has 2 aliphatic rings. The molecule has 5 nitrogen and oxygen atoms in total. The molecular weight excluding hydrogens is 437 g/mol. The third-order valence-electron chi connectivity index (χ3n) is 6.00. The lowest BCUT2D eigenvalue weighted by Crippen LogP contribution is -2.49. The van der Waals surface area contributed by atoms with Gasteiger partial charge in [-0.2, -0.15) is 13.2 Å². The number of para-hydroxylation sites is 1. The second-order valence-corrected chi connectivity index (χ2v) is 8.71. The number of halogens is 3. The number of piperazine rings is 1. The van der Waals surface area contributed by atoms with Gasteiger partial charge in [-0.1, -0.05) is 24.3 Å². The van der Waals surface area contributed by atoms with Gasteiger partial charge in [0, 0.05) is 50.0 Å². The van der Waals surface area contributed by atoms with Gasteiger partial charge in [0.25, 0.3) is 5.91 Å². The fourth-order valence-electron chi connectivity index (χ4n) is 4.51. The molecule has 0 atom stereocenters. The van der Waals surface area contributed by atoms with Crippen LogP contribution in [0.1, 0.15) is 20.9 Å². The Balaban J connectivity index is 1.44. The number of alkyl halides is 3. The van der Waals surface area contributed by atoms with Crippen molar-refractivity contribution < 1.29 is 18.0 Å². The Bertz CT molecular complexity index is 1120. The number of hydrogen-bond acceptors (Lipinski definition) is 5. The van der Waals surface area contributed by atoms with Crippen LogP contribution in [0.15, 0.2) is 54.0 Å². The van der Waals surface area contributed by atoms with Gasteiger partial charge in [-0.15, -0.1) is 11.3 Å². The highest BCUT2D eigenvalue weighted by atomic mass is 32.1. The molecule has 9 heteroatoms. The van der Waals surface area contributed by atoms with Gasteiger partial charge in [0.05, 0.1) is 11.4 Å². The third-order valence-corrected chi connectivity index (χ3v) is 6.77. The summed E-state index contributed by atoms with van der Waals surface area (Å²) in [6.45, 7) is 1.89. The van der Waals surface area contributed by atoms with E-state index in [1.54, 1.807) is 38.4 Å². The fraction of sp³-hybridized carbons (Fsp3) is 0.304. The molecule has 0 radical (unpaired) electrons. The lowest BCUT2D eigenvalue weighted by atomic mass is 10.1. The summed E-state index contributed by atoms with van der Waals surface area (Å²) in [5.74, 6) is -0.168. The van der Waals surface area contributed by atoms with Crippen molar-refractivity contribution in [1.82, 2.24) is 9.88 Å². The molecule has 0 spiro atoms. The van der Waals surface area contributed by atoms with Crippen molar-refractivity contribution in [2.24, 2.45) is 0 Å². The summed E-state index contributed by atoms with van der Waals surface area (Å²) in [4.78, 5) is 21.8. The topological polar surface area (TPSA) is 39.7 Å². The van der Waals surface area contributed by atoms with Crippen molar-refractivity contribution in [2.45, 2.75) is 12.6 Å². The van der Waals surface area contributed by atoms with Crippen molar-refractivity contribution in [2.75, 3.05) is 42.5 Å². The van der Waals surface area contributed by atoms with E-state index in [1.807, 2.05) is 24.3 Å². The maximum atomic E-state index is 14.4. The van der Waals surface area contributed by atoms with Crippen LogP contribution in [-0.4, -0.2) is 48.5 Å². The number of aromatic nitrogens is 1. The van der Waals surface area contributed by atoms with Gasteiger partial charge in [-0.05, 0) is 30.2 Å². The molecule has 166 valence electrons. The molecule has 5 rings (SSSR count). The summed E-state index contributed by atoms with van der Waals surface area (Å²) in [5, 5.41) is 2.14. The first-order valence-electron chi connectivity index (χ1n) is 10.4. The Kier molecular flexibility index (Phi) is 5.28. The first-order valence-corrected chi connectivity index (χ1v) is 11.3. The van der Waals surface area contributed by atoms with Crippen LogP contribution in [-0.2, 0) is 12.6 Å². The third kappa shape index (κ3) is 3.70. The Hall–Kier alpha value is -3.07. The zero-order valence-corrected chi connectivity index (χ0v) is 18.0. The standard InChI is InChI=1S/C23H21F3N4OS/c24-23(25,26)20-18(28-11-13-29(14-12-28)22(31)21-27-9-15-32-21)6-3-7-19(20)30-10-8-16-4-1-2-5-17(16)30/h1-7,9,15H,8,10-14H2. The van der Waals surface area contributed by atoms with E-state index in [4.69, 9.17) is 0 Å². The van der Waals surface area contributed by atoms with Gasteiger partial charge in [0.15, 0.2) is 5.01 Å². The summed E-state index contributed by atoms with van der Waals surface area (Å²) >= 11 is 1.27. The maximum Gasteiger partial charge on any atom is 0.420 e. The molecule has 3 aromatic rings. The van der Waals surface area contributed by atoms with E-state index >= 15 is 0 Å². The summed E-state index contributed by atoms with van der Waals surface area (Å²) < 4.78 is 43.1. The maximum absolute atomic E-state index is 14.4. The van der Waals surface area contributed by atoms with Gasteiger partial charge < -0.3 is 14.7 Å². The number of nitrogens with zero attached hydrogens (tertiary/aromatic N) is 4. The predicted molar refractivity (Wildman–Crippen MR) is 119 cm³/mol. The fourth-order valence-corrected chi connectivity index (χ4v) is 5.11. The summed E-state index contributed by atoms with van der Waals surface area (Å²) in [7, 11) is 0. The smallest absolute Gasteiger partial charge is 0.367 e. The summed E-state index contributed by atoms with van der Waals surface area (Å²) in [6, 6.07) is 12.4. The van der Waals surface area contributed by atoms with Crippen molar-refractivity contribution in [3.63, 3.8) is 0 Å². The highest BCUT2D eigenvalue weighted by Gasteiger charge is 2.40. The van der Waals surface area contributed by atoms with Crippen LogP contribution in [0, 0.1) is 0 Å². The predicted octanol–water partition coefficient (Wildman–Crippen LogP) is 4.82. The minimum atomic E-state index is -4.50. The van der Waals surface area contributed by atoms with Crippen LogP contribution < -0.4 is 9.80 Å². The SMILES string of the molecule is O=C(c1nccs1)N1CCN(c2cccc(N3CCc4ccccc43)c2C(F)(F)F)CC1. The minimum absolute atomic E-state index is 0.167. The van der Waals surface area contributed by atoms with Crippen molar-refractivity contribution in [1.29, 1.82) is 0 Å². The number of amides is 1. The molecule has 0 N–H and O–H groups in total. The van der Waals surface area contributed by atoms with E-state index in [0.717, 1.165) is 17.7 Å². The highest BCUT2D eigenvalue weighted by molar-refractivity contribution is 7.11. The van der Waals surface area contributed by atoms with Crippen molar-refractivity contribution in [3.05, 3.63) is 70.2 Å². The zero-order valence-electron chi connectivity index (χ0n) is 17.2. The quantitative estimate of drug-likeness (QED) is 0.564. The molecule has 0 unspecified atom stereocenters. The normalized spacial score (nSPS) is 16.4. The van der Waals surface area contributed by atoms with Crippen LogP contribution in [0.25, 0.3) is 0 Å². The number of hydrogen-bond donors (Lipinski definition) is 0. The minimum Gasteiger partial charge on any atom is -0.367 e. The first kappa shape index (κ1) is 20.8. The van der Waals surface area contributed by atoms with E-state index in [1.165, 1.54) is 17.4 Å². The molecule has 1 aromatic heterocycles. The summed E-state index contributed by atoms with van der Waals surface area (Å²) in [6.07, 6.45) is -2.21. The van der Waals surface area contributed by atoms with Gasteiger partial charge >= 0.3 is 6.18 Å². The van der Waals surface area contributed by atoms with E-state index in [9.17, 15) is 18.0 Å². The number of benzene rings is 2. The lowest BCUT2D eigenvalue weighted by molar-refractivity contribution is -0.136. The Morgan fingerprint density at radius 2 is 1.62 bits per heavy atom. The highest BCUT2D eigenvalue weighted by Crippen LogP contribution is 2.46. The van der Waals surface area contributed by atoms with Crippen LogP contribution in [0.3, 0.4) is 0 Å². The molecule has 1 saturated heterocycles. The van der Waals surface area contributed by atoms with Crippen molar-refractivity contribution in [3.8, 4) is 0 Å². The van der Waals surface area contributed by atoms with Gasteiger partial charge in [-0.25, -0.2) is 4.98 Å². The molecule has 32 heavy (non-hydrogen) atoms. The second-order valence-electron chi connectivity index (χ2n) is 7.82. The monoisotopic (exact) mass is 458 g/mol. The number of fused-ring (bicyclic) bond motifs is 1. The Labute approximate surface area is 187 Å². The lowest BCUT2D eigenvalue weighted by Gasteiger charge is -2.37. The number of anilines is 3. The second kappa shape index (κ2) is 8.12. The molecule has 2 aromatic carbocycles. The average Bonchev–Trinajstić information content (AvgIpc) is 3.48. The van der Waals surface area contributed by atoms with Crippen LogP contribution >= 0.6 is 11.3 Å². The van der Waals surface area contributed by atoms with Gasteiger partial charge in [0.1, 0.15) is 5.56 Å². The molecule has 1 amide bonds. The van der Waals surface area contributed by atoms with E-state index in [-0.39, 0.29) is 17.3 Å². The number of carbonyl (C=O) groups excluding carboxylic acids is 1. The molecule has 0 bridgehead atoms. The molecule has 2 aliphatic heterocycles. The Morgan fingerprint density at radius 3 is 2.34 bits per heavy atom. The van der Waals surface area contributed by atoms with E-state index in [0.29, 0.717) is 37.7 Å².